The van der Waals surface area contributed by atoms with E-state index < -0.39 is 11.0 Å². The molecule has 2 aliphatic heterocycles. The summed E-state index contributed by atoms with van der Waals surface area (Å²) in [5.41, 5.74) is -0.868. The number of carbonyl (C=O) groups is 2. The molecule has 0 radical (unpaired) electrons. The number of piperidine rings is 1. The second kappa shape index (κ2) is 11.6. The molecular formula is C22H42IN5O3. The van der Waals surface area contributed by atoms with Crippen LogP contribution in [0.4, 0.5) is 4.79 Å². The van der Waals surface area contributed by atoms with Crippen LogP contribution in [0.1, 0.15) is 74.1 Å². The minimum Gasteiger partial charge on any atom is -0.444 e. The Labute approximate surface area is 204 Å². The molecule has 0 aromatic heterocycles. The number of guanidine groups is 1. The van der Waals surface area contributed by atoms with Crippen molar-refractivity contribution in [3.8, 4) is 0 Å². The molecule has 0 aliphatic carbocycles. The number of nitrogens with one attached hydrogen (secondary N) is 3. The number of nitrogens with zero attached hydrogens (tertiary/aromatic N) is 2. The number of ether oxygens (including phenoxy) is 1. The molecule has 180 valence electrons. The van der Waals surface area contributed by atoms with Crippen LogP contribution in [0.3, 0.4) is 0 Å². The van der Waals surface area contributed by atoms with E-state index >= 15 is 0 Å². The summed E-state index contributed by atoms with van der Waals surface area (Å²) >= 11 is 0. The van der Waals surface area contributed by atoms with Gasteiger partial charge in [-0.1, -0.05) is 20.8 Å². The molecule has 2 saturated heterocycles. The first-order valence-corrected chi connectivity index (χ1v) is 11.2. The Morgan fingerprint density at radius 3 is 2.10 bits per heavy atom. The highest BCUT2D eigenvalue weighted by atomic mass is 127. The lowest BCUT2D eigenvalue weighted by Crippen LogP contribution is -2.55. The van der Waals surface area contributed by atoms with Crippen molar-refractivity contribution < 1.29 is 14.3 Å². The van der Waals surface area contributed by atoms with Crippen molar-refractivity contribution in [2.75, 3.05) is 19.6 Å². The van der Waals surface area contributed by atoms with Gasteiger partial charge in [-0.25, -0.2) is 4.79 Å². The molecule has 2 heterocycles. The van der Waals surface area contributed by atoms with Crippen LogP contribution in [0, 0.1) is 5.41 Å². The van der Waals surface area contributed by atoms with Gasteiger partial charge in [0.05, 0.1) is 6.54 Å². The van der Waals surface area contributed by atoms with Crippen LogP contribution in [0.25, 0.3) is 0 Å². The summed E-state index contributed by atoms with van der Waals surface area (Å²) in [5, 5.41) is 9.74. The maximum atomic E-state index is 12.6. The van der Waals surface area contributed by atoms with Crippen molar-refractivity contribution in [1.29, 1.82) is 0 Å². The molecule has 2 amide bonds. The van der Waals surface area contributed by atoms with E-state index in [1.54, 1.807) is 0 Å². The van der Waals surface area contributed by atoms with Gasteiger partial charge in [0.1, 0.15) is 5.60 Å². The first-order valence-electron chi connectivity index (χ1n) is 11.2. The van der Waals surface area contributed by atoms with Crippen molar-refractivity contribution in [1.82, 2.24) is 20.9 Å². The molecule has 8 nitrogen and oxygen atoms in total. The largest absolute Gasteiger partial charge is 0.444 e. The van der Waals surface area contributed by atoms with E-state index in [1.165, 1.54) is 0 Å². The Morgan fingerprint density at radius 2 is 1.61 bits per heavy atom. The van der Waals surface area contributed by atoms with Crippen molar-refractivity contribution in [2.24, 2.45) is 10.4 Å². The van der Waals surface area contributed by atoms with Gasteiger partial charge >= 0.3 is 6.09 Å². The van der Waals surface area contributed by atoms with Crippen molar-refractivity contribution in [3.05, 3.63) is 0 Å². The van der Waals surface area contributed by atoms with E-state index in [0.717, 1.165) is 38.2 Å². The molecule has 0 spiro atoms. The maximum Gasteiger partial charge on any atom is 0.410 e. The van der Waals surface area contributed by atoms with E-state index in [9.17, 15) is 9.59 Å². The molecule has 2 aliphatic rings. The molecule has 2 rings (SSSR count). The van der Waals surface area contributed by atoms with Gasteiger partial charge in [0.2, 0.25) is 5.91 Å². The lowest BCUT2D eigenvalue weighted by atomic mass is 9.96. The van der Waals surface area contributed by atoms with Gasteiger partial charge in [0, 0.05) is 36.6 Å². The highest BCUT2D eigenvalue weighted by molar-refractivity contribution is 14.0. The lowest BCUT2D eigenvalue weighted by Gasteiger charge is -2.40. The fourth-order valence-corrected chi connectivity index (χ4v) is 4.02. The summed E-state index contributed by atoms with van der Waals surface area (Å²) in [6.07, 6.45) is 3.63. The first-order chi connectivity index (χ1) is 13.9. The predicted octanol–water partition coefficient (Wildman–Crippen LogP) is 3.25. The number of hydrogen-bond acceptors (Lipinski definition) is 4. The molecule has 2 bridgehead atoms. The standard InChI is InChI=1S/C22H41N5O3.HI/c1-8-23-19(25-12-11-24-18(28)21(2,3)4)26-15-13-16-9-10-17(14-15)27(16)20(29)30-22(5,6)7;/h15-17H,8-14H2,1-7H3,(H,24,28)(H2,23,25,26);1H. The van der Waals surface area contributed by atoms with Gasteiger partial charge in [-0.15, -0.1) is 24.0 Å². The topological polar surface area (TPSA) is 95.1 Å². The van der Waals surface area contributed by atoms with Crippen molar-refractivity contribution >= 4 is 41.9 Å². The number of fused-ring (bicyclic) bond motifs is 2. The minimum absolute atomic E-state index is 0. The Kier molecular flexibility index (Phi) is 10.4. The third kappa shape index (κ3) is 8.65. The number of rotatable bonds is 5. The molecule has 0 saturated carbocycles. The second-order valence-corrected chi connectivity index (χ2v) is 10.4. The van der Waals surface area contributed by atoms with Gasteiger partial charge in [-0.05, 0) is 53.4 Å². The van der Waals surface area contributed by atoms with Crippen LogP contribution in [0.2, 0.25) is 0 Å². The number of hydrogen-bond donors (Lipinski definition) is 3. The SMILES string of the molecule is CCNC(=NCCNC(=O)C(C)(C)C)NC1CC2CCC(C1)N2C(=O)OC(C)(C)C.I. The second-order valence-electron chi connectivity index (χ2n) is 10.4. The molecule has 0 aromatic rings. The monoisotopic (exact) mass is 551 g/mol. The van der Waals surface area contributed by atoms with Gasteiger partial charge in [0.25, 0.3) is 0 Å². The average molecular weight is 552 g/mol. The number of halogens is 1. The zero-order valence-corrected chi connectivity index (χ0v) is 22.5. The van der Waals surface area contributed by atoms with E-state index in [-0.39, 0.29) is 54.1 Å². The van der Waals surface area contributed by atoms with Gasteiger partial charge in [-0.2, -0.15) is 0 Å². The normalized spacial score (nSPS) is 23.6. The zero-order chi connectivity index (χ0) is 22.5. The van der Waals surface area contributed by atoms with Crippen LogP contribution < -0.4 is 16.0 Å². The van der Waals surface area contributed by atoms with Gasteiger partial charge in [0.15, 0.2) is 5.96 Å². The summed E-state index contributed by atoms with van der Waals surface area (Å²) in [7, 11) is 0. The molecule has 9 heteroatoms. The van der Waals surface area contributed by atoms with E-state index in [1.807, 2.05) is 53.4 Å². The first kappa shape index (κ1) is 27.8. The Hall–Kier alpha value is -1.26. The van der Waals surface area contributed by atoms with Crippen LogP contribution in [0.5, 0.6) is 0 Å². The fourth-order valence-electron chi connectivity index (χ4n) is 4.02. The molecule has 31 heavy (non-hydrogen) atoms. The molecule has 2 unspecified atom stereocenters. The van der Waals surface area contributed by atoms with Crippen LogP contribution in [-0.4, -0.2) is 66.2 Å². The molecule has 2 fully saturated rings. The van der Waals surface area contributed by atoms with Gasteiger partial charge in [-0.3, -0.25) is 9.79 Å². The molecule has 2 atom stereocenters. The maximum absolute atomic E-state index is 12.6. The smallest absolute Gasteiger partial charge is 0.410 e. The van der Waals surface area contributed by atoms with E-state index in [0.29, 0.717) is 13.1 Å². The molecular weight excluding hydrogens is 509 g/mol. The average Bonchev–Trinajstić information content (AvgIpc) is 2.87. The van der Waals surface area contributed by atoms with E-state index in [2.05, 4.69) is 20.9 Å². The highest BCUT2D eigenvalue weighted by Gasteiger charge is 2.45. The summed E-state index contributed by atoms with van der Waals surface area (Å²) < 4.78 is 5.62. The third-order valence-corrected chi connectivity index (χ3v) is 5.37. The van der Waals surface area contributed by atoms with E-state index in [4.69, 9.17) is 4.74 Å². The molecule has 0 aromatic carbocycles. The van der Waals surface area contributed by atoms with Gasteiger partial charge < -0.3 is 25.6 Å². The van der Waals surface area contributed by atoms with Crippen molar-refractivity contribution in [3.63, 3.8) is 0 Å². The number of aliphatic imine (C=N–C) groups is 1. The highest BCUT2D eigenvalue weighted by Crippen LogP contribution is 2.36. The number of carbonyl (C=O) groups excluding carboxylic acids is 2. The zero-order valence-electron chi connectivity index (χ0n) is 20.2. The quantitative estimate of drug-likeness (QED) is 0.211. The lowest BCUT2D eigenvalue weighted by molar-refractivity contribution is -0.128. The number of amides is 2. The molecule has 3 N–H and O–H groups in total. The summed E-state index contributed by atoms with van der Waals surface area (Å²) in [4.78, 5) is 31.2. The van der Waals surface area contributed by atoms with Crippen molar-refractivity contribution in [2.45, 2.75) is 97.9 Å². The third-order valence-electron chi connectivity index (χ3n) is 5.37. The Morgan fingerprint density at radius 1 is 1.03 bits per heavy atom. The Bertz CT molecular complexity index is 628. The minimum atomic E-state index is -0.473. The summed E-state index contributed by atoms with van der Waals surface area (Å²) in [6.45, 7) is 15.2. The summed E-state index contributed by atoms with van der Waals surface area (Å²) in [5.74, 6) is 0.791. The predicted molar refractivity (Wildman–Crippen MR) is 135 cm³/mol. The van der Waals surface area contributed by atoms with Crippen LogP contribution in [0.15, 0.2) is 4.99 Å². The summed E-state index contributed by atoms with van der Waals surface area (Å²) in [6, 6.07) is 0.693. The Balaban J connectivity index is 0.00000480. The van der Waals surface area contributed by atoms with Crippen LogP contribution in [-0.2, 0) is 9.53 Å². The fraction of sp³-hybridized carbons (Fsp3) is 0.864. The van der Waals surface area contributed by atoms with Crippen LogP contribution >= 0.6 is 24.0 Å².